The lowest BCUT2D eigenvalue weighted by Crippen LogP contribution is -2.34. The SMILES string of the molecule is CCCCCCCCC1CCC(OC(F)(F)c2ccc(-c3ccc(-c4ccc(OCC)c(F)c4F)cc3)c(F)c2F)OC1. The number of alkyl halides is 2. The molecule has 0 bridgehead atoms. The van der Waals surface area contributed by atoms with Gasteiger partial charge in [-0.25, -0.2) is 13.2 Å². The smallest absolute Gasteiger partial charge is 0.388 e. The zero-order valence-corrected chi connectivity index (χ0v) is 24.5. The van der Waals surface area contributed by atoms with Gasteiger partial charge in [-0.3, -0.25) is 4.74 Å². The van der Waals surface area contributed by atoms with Gasteiger partial charge in [0.05, 0.1) is 18.8 Å². The van der Waals surface area contributed by atoms with Crippen molar-refractivity contribution >= 4 is 0 Å². The van der Waals surface area contributed by atoms with Gasteiger partial charge in [-0.15, -0.1) is 0 Å². The molecule has 0 N–H and O–H groups in total. The molecule has 234 valence electrons. The molecule has 2 atom stereocenters. The third kappa shape index (κ3) is 8.12. The van der Waals surface area contributed by atoms with Crippen molar-refractivity contribution in [3.63, 3.8) is 0 Å². The second kappa shape index (κ2) is 15.1. The van der Waals surface area contributed by atoms with E-state index in [-0.39, 0.29) is 53.6 Å². The van der Waals surface area contributed by atoms with Gasteiger partial charge in [0.2, 0.25) is 5.82 Å². The summed E-state index contributed by atoms with van der Waals surface area (Å²) < 4.78 is 104. The molecule has 1 aliphatic heterocycles. The van der Waals surface area contributed by atoms with Crippen LogP contribution in [0.2, 0.25) is 0 Å². The molecule has 0 saturated carbocycles. The first-order valence-electron chi connectivity index (χ1n) is 15.0. The van der Waals surface area contributed by atoms with Crippen molar-refractivity contribution in [1.29, 1.82) is 0 Å². The normalized spacial score (nSPS) is 17.3. The van der Waals surface area contributed by atoms with E-state index in [2.05, 4.69) is 6.92 Å². The van der Waals surface area contributed by atoms with Gasteiger partial charge in [0.1, 0.15) is 0 Å². The van der Waals surface area contributed by atoms with Gasteiger partial charge in [0, 0.05) is 11.1 Å². The number of halogens is 6. The number of hydrogen-bond donors (Lipinski definition) is 0. The van der Waals surface area contributed by atoms with E-state index in [1.807, 2.05) is 0 Å². The van der Waals surface area contributed by atoms with E-state index in [1.165, 1.54) is 62.1 Å². The molecule has 1 fully saturated rings. The molecule has 1 heterocycles. The molecule has 3 aromatic rings. The molecular formula is C34H38F6O3. The first kappa shape index (κ1) is 32.9. The summed E-state index contributed by atoms with van der Waals surface area (Å²) in [4.78, 5) is 0. The molecule has 0 aromatic heterocycles. The van der Waals surface area contributed by atoms with E-state index in [0.29, 0.717) is 6.42 Å². The Bertz CT molecular complexity index is 1340. The van der Waals surface area contributed by atoms with E-state index >= 15 is 4.39 Å². The summed E-state index contributed by atoms with van der Waals surface area (Å²) in [5.74, 6) is -5.41. The van der Waals surface area contributed by atoms with Gasteiger partial charge in [-0.2, -0.15) is 13.2 Å². The summed E-state index contributed by atoms with van der Waals surface area (Å²) in [7, 11) is 0. The Kier molecular flexibility index (Phi) is 11.5. The summed E-state index contributed by atoms with van der Waals surface area (Å²) in [6, 6.07) is 10.0. The van der Waals surface area contributed by atoms with Crippen molar-refractivity contribution in [3.05, 3.63) is 77.4 Å². The van der Waals surface area contributed by atoms with E-state index in [0.717, 1.165) is 31.4 Å². The number of rotatable bonds is 14. The first-order chi connectivity index (χ1) is 20.7. The highest BCUT2D eigenvalue weighted by molar-refractivity contribution is 5.71. The van der Waals surface area contributed by atoms with Gasteiger partial charge >= 0.3 is 6.11 Å². The lowest BCUT2D eigenvalue weighted by molar-refractivity contribution is -0.335. The molecule has 43 heavy (non-hydrogen) atoms. The van der Waals surface area contributed by atoms with Crippen LogP contribution in [0.4, 0.5) is 26.3 Å². The van der Waals surface area contributed by atoms with Gasteiger partial charge in [0.15, 0.2) is 29.5 Å². The fourth-order valence-electron chi connectivity index (χ4n) is 5.39. The molecule has 1 saturated heterocycles. The number of hydrogen-bond acceptors (Lipinski definition) is 3. The van der Waals surface area contributed by atoms with Crippen molar-refractivity contribution in [2.45, 2.75) is 84.0 Å². The quantitative estimate of drug-likeness (QED) is 0.135. The highest BCUT2D eigenvalue weighted by Crippen LogP contribution is 2.39. The molecule has 9 heteroatoms. The Balaban J connectivity index is 1.38. The highest BCUT2D eigenvalue weighted by atomic mass is 19.3. The fraction of sp³-hybridized carbons (Fsp3) is 0.471. The molecule has 1 aliphatic rings. The average molecular weight is 609 g/mol. The number of unbranched alkanes of at least 4 members (excludes halogenated alkanes) is 5. The average Bonchev–Trinajstić information content (AvgIpc) is 2.99. The maximum Gasteiger partial charge on any atom is 0.388 e. The van der Waals surface area contributed by atoms with Crippen molar-refractivity contribution in [1.82, 2.24) is 0 Å². The van der Waals surface area contributed by atoms with Crippen LogP contribution in [-0.2, 0) is 15.6 Å². The third-order valence-corrected chi connectivity index (χ3v) is 7.82. The number of benzene rings is 3. The van der Waals surface area contributed by atoms with Crippen LogP contribution in [0.5, 0.6) is 5.75 Å². The van der Waals surface area contributed by atoms with Crippen LogP contribution in [0, 0.1) is 29.2 Å². The van der Waals surface area contributed by atoms with Crippen molar-refractivity contribution in [2.24, 2.45) is 5.92 Å². The standard InChI is InChI=1S/C34H38F6O3/c1-3-5-6-7-8-9-10-22-11-20-29(42-21-22)43-34(39,40)27-18-16-25(30(35)32(27)37)23-12-14-24(15-13-23)26-17-19-28(41-4-2)33(38)31(26)36/h12-19,22,29H,3-11,20-21H2,1-2H3. The van der Waals surface area contributed by atoms with Crippen LogP contribution < -0.4 is 4.74 Å². The van der Waals surface area contributed by atoms with Gasteiger partial charge < -0.3 is 9.47 Å². The second-order valence-electron chi connectivity index (χ2n) is 10.9. The molecule has 4 rings (SSSR count). The minimum Gasteiger partial charge on any atom is -0.491 e. The van der Waals surface area contributed by atoms with Crippen LogP contribution in [0.1, 0.15) is 77.2 Å². The van der Waals surface area contributed by atoms with E-state index in [1.54, 1.807) is 6.92 Å². The lowest BCUT2D eigenvalue weighted by atomic mass is 9.94. The third-order valence-electron chi connectivity index (χ3n) is 7.82. The van der Waals surface area contributed by atoms with Gasteiger partial charge in [-0.1, -0.05) is 75.8 Å². The van der Waals surface area contributed by atoms with Crippen LogP contribution in [0.25, 0.3) is 22.3 Å². The predicted molar refractivity (Wildman–Crippen MR) is 154 cm³/mol. The van der Waals surface area contributed by atoms with Crippen LogP contribution in [-0.4, -0.2) is 19.5 Å². The zero-order valence-electron chi connectivity index (χ0n) is 24.5. The Morgan fingerprint density at radius 3 is 1.93 bits per heavy atom. The monoisotopic (exact) mass is 608 g/mol. The molecular weight excluding hydrogens is 570 g/mol. The molecule has 2 unspecified atom stereocenters. The summed E-state index contributed by atoms with van der Waals surface area (Å²) in [5.41, 5.74) is -1.11. The summed E-state index contributed by atoms with van der Waals surface area (Å²) in [6.07, 6.45) is 3.57. The maximum absolute atomic E-state index is 15.1. The lowest BCUT2D eigenvalue weighted by Gasteiger charge is -2.31. The zero-order chi connectivity index (χ0) is 31.0. The van der Waals surface area contributed by atoms with Crippen LogP contribution in [0.15, 0.2) is 48.5 Å². The Hall–Kier alpha value is -3.04. The largest absolute Gasteiger partial charge is 0.491 e. The summed E-state index contributed by atoms with van der Waals surface area (Å²) >= 11 is 0. The van der Waals surface area contributed by atoms with Crippen molar-refractivity contribution in [3.8, 4) is 28.0 Å². The Morgan fingerprint density at radius 2 is 1.33 bits per heavy atom. The minimum absolute atomic E-state index is 0.0510. The second-order valence-corrected chi connectivity index (χ2v) is 10.9. The molecule has 0 amide bonds. The molecule has 3 nitrogen and oxygen atoms in total. The Morgan fingerprint density at radius 1 is 0.721 bits per heavy atom. The summed E-state index contributed by atoms with van der Waals surface area (Å²) in [5, 5.41) is 0. The minimum atomic E-state index is -4.11. The highest BCUT2D eigenvalue weighted by Gasteiger charge is 2.41. The number of ether oxygens (including phenoxy) is 3. The van der Waals surface area contributed by atoms with Crippen molar-refractivity contribution < 1.29 is 40.6 Å². The maximum atomic E-state index is 15.1. The molecule has 0 aliphatic carbocycles. The molecule has 3 aromatic carbocycles. The van der Waals surface area contributed by atoms with E-state index in [9.17, 15) is 22.0 Å². The molecule has 0 radical (unpaired) electrons. The van der Waals surface area contributed by atoms with Crippen LogP contribution >= 0.6 is 0 Å². The van der Waals surface area contributed by atoms with Gasteiger partial charge in [0.25, 0.3) is 0 Å². The van der Waals surface area contributed by atoms with Crippen LogP contribution in [0.3, 0.4) is 0 Å². The fourth-order valence-corrected chi connectivity index (χ4v) is 5.39. The van der Waals surface area contributed by atoms with E-state index < -0.39 is 41.2 Å². The van der Waals surface area contributed by atoms with E-state index in [4.69, 9.17) is 14.2 Å². The van der Waals surface area contributed by atoms with Gasteiger partial charge in [-0.05, 0) is 61.4 Å². The predicted octanol–water partition coefficient (Wildman–Crippen LogP) is 10.5. The first-order valence-corrected chi connectivity index (χ1v) is 15.0. The Labute approximate surface area is 249 Å². The summed E-state index contributed by atoms with van der Waals surface area (Å²) in [6.45, 7) is 4.26. The van der Waals surface area contributed by atoms with Crippen molar-refractivity contribution in [2.75, 3.05) is 13.2 Å². The molecule has 0 spiro atoms. The topological polar surface area (TPSA) is 27.7 Å².